The molecule has 35 heavy (non-hydrogen) atoms. The van der Waals surface area contributed by atoms with Crippen molar-refractivity contribution in [2.75, 3.05) is 5.32 Å². The summed E-state index contributed by atoms with van der Waals surface area (Å²) < 4.78 is 39.3. The fourth-order valence-corrected chi connectivity index (χ4v) is 3.48. The predicted molar refractivity (Wildman–Crippen MR) is 132 cm³/mol. The van der Waals surface area contributed by atoms with Crippen LogP contribution in [0.3, 0.4) is 0 Å². The summed E-state index contributed by atoms with van der Waals surface area (Å²) in [5, 5.41) is 4.82. The van der Waals surface area contributed by atoms with E-state index < -0.39 is 11.9 Å². The normalized spacial score (nSPS) is 12.6. The number of alkyl halides is 3. The Labute approximate surface area is 203 Å². The summed E-state index contributed by atoms with van der Waals surface area (Å²) in [5.41, 5.74) is 5.41. The number of hydrogen-bond acceptors (Lipinski definition) is 4. The second kappa shape index (κ2) is 9.99. The predicted octanol–water partition coefficient (Wildman–Crippen LogP) is 6.67. The number of nitrogens with zero attached hydrogens (tertiary/aromatic N) is 2. The number of carbonyl (C=O) groups is 1. The van der Waals surface area contributed by atoms with E-state index in [4.69, 9.17) is 17.3 Å². The molecule has 0 radical (unpaired) electrons. The lowest BCUT2D eigenvalue weighted by molar-refractivity contribution is -0.0925. The van der Waals surface area contributed by atoms with Crippen molar-refractivity contribution >= 4 is 45.4 Å². The third kappa shape index (κ3) is 5.67. The third-order valence-corrected chi connectivity index (χ3v) is 5.40. The van der Waals surface area contributed by atoms with E-state index >= 15 is 0 Å². The Morgan fingerprint density at radius 3 is 2.40 bits per heavy atom. The summed E-state index contributed by atoms with van der Waals surface area (Å²) in [5.74, 6) is -0.379. The Morgan fingerprint density at radius 1 is 0.971 bits per heavy atom. The summed E-state index contributed by atoms with van der Waals surface area (Å²) in [7, 11) is 0. The van der Waals surface area contributed by atoms with Crippen LogP contribution >= 0.6 is 11.6 Å². The summed E-state index contributed by atoms with van der Waals surface area (Å²) in [6.45, 7) is 0. The molecule has 1 heterocycles. The first-order valence-electron chi connectivity index (χ1n) is 10.3. The molecule has 0 unspecified atom stereocenters. The molecule has 3 N–H and O–H groups in total. The zero-order chi connectivity index (χ0) is 25.0. The number of para-hydroxylation sites is 1. The molecule has 0 saturated carbocycles. The van der Waals surface area contributed by atoms with Crippen molar-refractivity contribution in [1.29, 1.82) is 0 Å². The van der Waals surface area contributed by atoms with Gasteiger partial charge in [0.25, 0.3) is 5.91 Å². The second-order valence-electron chi connectivity index (χ2n) is 7.48. The number of benzene rings is 3. The molecule has 1 amide bonds. The summed E-state index contributed by atoms with van der Waals surface area (Å²) in [4.78, 5) is 21.2. The number of rotatable bonds is 5. The number of anilines is 1. The summed E-state index contributed by atoms with van der Waals surface area (Å²) in [6.07, 6.45) is -0.662. The first kappa shape index (κ1) is 24.0. The average Bonchev–Trinajstić information content (AvgIpc) is 2.84. The molecular weight excluding hydrogens is 477 g/mol. The lowest BCUT2D eigenvalue weighted by Gasteiger charge is -2.11. The van der Waals surface area contributed by atoms with Crippen LogP contribution in [0.5, 0.6) is 0 Å². The van der Waals surface area contributed by atoms with Gasteiger partial charge >= 0.3 is 6.18 Å². The van der Waals surface area contributed by atoms with Gasteiger partial charge in [-0.2, -0.15) is 13.2 Å². The molecule has 0 aliphatic rings. The van der Waals surface area contributed by atoms with Crippen LogP contribution in [0.15, 0.2) is 102 Å². The molecule has 3 aromatic carbocycles. The maximum atomic E-state index is 13.1. The van der Waals surface area contributed by atoms with Crippen LogP contribution in [0.1, 0.15) is 15.9 Å². The molecular formula is C26H18ClF3N4O. The molecule has 0 saturated heterocycles. The third-order valence-electron chi connectivity index (χ3n) is 5.08. The Balaban J connectivity index is 1.65. The van der Waals surface area contributed by atoms with Crippen LogP contribution in [0, 0.1) is 0 Å². The molecule has 0 fully saturated rings. The van der Waals surface area contributed by atoms with Gasteiger partial charge in [-0.25, -0.2) is 4.99 Å². The van der Waals surface area contributed by atoms with Crippen molar-refractivity contribution < 1.29 is 18.0 Å². The number of allylic oxidation sites excluding steroid dienone is 2. The highest BCUT2D eigenvalue weighted by atomic mass is 35.5. The molecule has 0 atom stereocenters. The van der Waals surface area contributed by atoms with Crippen molar-refractivity contribution in [3.8, 4) is 0 Å². The van der Waals surface area contributed by atoms with E-state index in [9.17, 15) is 18.0 Å². The van der Waals surface area contributed by atoms with Gasteiger partial charge in [0.1, 0.15) is 5.70 Å². The number of pyridine rings is 1. The van der Waals surface area contributed by atoms with Gasteiger partial charge in [-0.1, -0.05) is 48.0 Å². The minimum atomic E-state index is -4.73. The van der Waals surface area contributed by atoms with E-state index in [1.165, 1.54) is 24.3 Å². The molecule has 4 aromatic rings. The minimum absolute atomic E-state index is 0.0542. The van der Waals surface area contributed by atoms with Gasteiger partial charge in [-0.05, 0) is 42.5 Å². The highest BCUT2D eigenvalue weighted by Gasteiger charge is 2.31. The van der Waals surface area contributed by atoms with E-state index in [1.54, 1.807) is 54.9 Å². The zero-order valence-corrected chi connectivity index (χ0v) is 18.8. The minimum Gasteiger partial charge on any atom is -0.395 e. The number of aromatic nitrogens is 1. The van der Waals surface area contributed by atoms with E-state index in [2.05, 4.69) is 15.3 Å². The van der Waals surface area contributed by atoms with Gasteiger partial charge in [0.15, 0.2) is 0 Å². The standard InChI is InChI=1S/C26H18ClF3N4O/c27-20-5-1-2-6-22(20)33-23(14-24(31)26(28,29)30)16-8-10-17(11-9-16)25(35)34-21-7-3-4-18-15-32-13-12-19(18)21/h1-15H,31H2,(H,34,35). The zero-order valence-electron chi connectivity index (χ0n) is 18.1. The number of hydrogen-bond donors (Lipinski definition) is 2. The fraction of sp³-hybridized carbons (Fsp3) is 0.0385. The van der Waals surface area contributed by atoms with E-state index in [1.807, 2.05) is 6.07 Å². The SMILES string of the molecule is NC(=CC(=Nc1ccccc1Cl)c1ccc(C(=O)Nc2cccc3cnccc23)cc1)C(F)(F)F. The van der Waals surface area contributed by atoms with Gasteiger partial charge < -0.3 is 11.1 Å². The highest BCUT2D eigenvalue weighted by Crippen LogP contribution is 2.27. The smallest absolute Gasteiger partial charge is 0.395 e. The molecule has 1 aromatic heterocycles. The Morgan fingerprint density at radius 2 is 1.69 bits per heavy atom. The van der Waals surface area contributed by atoms with Crippen LogP contribution in [-0.4, -0.2) is 22.8 Å². The number of amides is 1. The Hall–Kier alpha value is -4.17. The van der Waals surface area contributed by atoms with Crippen molar-refractivity contribution in [3.05, 3.63) is 113 Å². The van der Waals surface area contributed by atoms with Gasteiger partial charge in [-0.15, -0.1) is 0 Å². The number of carbonyl (C=O) groups excluding carboxylic acids is 1. The van der Waals surface area contributed by atoms with Gasteiger partial charge in [0.05, 0.1) is 16.4 Å². The van der Waals surface area contributed by atoms with E-state index in [0.29, 0.717) is 16.8 Å². The Kier molecular flexibility index (Phi) is 6.84. The van der Waals surface area contributed by atoms with Crippen molar-refractivity contribution in [2.45, 2.75) is 6.18 Å². The van der Waals surface area contributed by atoms with E-state index in [-0.39, 0.29) is 22.3 Å². The van der Waals surface area contributed by atoms with Gasteiger partial charge in [-0.3, -0.25) is 9.78 Å². The molecule has 0 bridgehead atoms. The Bertz CT molecular complexity index is 1440. The monoisotopic (exact) mass is 494 g/mol. The first-order chi connectivity index (χ1) is 16.7. The average molecular weight is 495 g/mol. The number of nitrogens with two attached hydrogens (primary N) is 1. The van der Waals surface area contributed by atoms with Gasteiger partial charge in [0.2, 0.25) is 0 Å². The first-order valence-corrected chi connectivity index (χ1v) is 10.7. The maximum Gasteiger partial charge on any atom is 0.430 e. The summed E-state index contributed by atoms with van der Waals surface area (Å²) in [6, 6.07) is 19.7. The number of halogens is 4. The second-order valence-corrected chi connectivity index (χ2v) is 7.89. The van der Waals surface area contributed by atoms with Crippen molar-refractivity contribution in [3.63, 3.8) is 0 Å². The van der Waals surface area contributed by atoms with Crippen molar-refractivity contribution in [2.24, 2.45) is 10.7 Å². The summed E-state index contributed by atoms with van der Waals surface area (Å²) >= 11 is 6.13. The van der Waals surface area contributed by atoms with Crippen molar-refractivity contribution in [1.82, 2.24) is 4.98 Å². The molecule has 5 nitrogen and oxygen atoms in total. The number of nitrogens with one attached hydrogen (secondary N) is 1. The van der Waals surface area contributed by atoms with E-state index in [0.717, 1.165) is 16.8 Å². The highest BCUT2D eigenvalue weighted by molar-refractivity contribution is 6.33. The quantitative estimate of drug-likeness (QED) is 0.304. The van der Waals surface area contributed by atoms with Crippen LogP contribution in [-0.2, 0) is 0 Å². The fourth-order valence-electron chi connectivity index (χ4n) is 3.30. The van der Waals surface area contributed by atoms with Crippen LogP contribution in [0.4, 0.5) is 24.5 Å². The molecule has 9 heteroatoms. The molecule has 176 valence electrons. The lowest BCUT2D eigenvalue weighted by atomic mass is 10.1. The molecule has 0 spiro atoms. The molecule has 0 aliphatic carbocycles. The molecule has 0 aliphatic heterocycles. The lowest BCUT2D eigenvalue weighted by Crippen LogP contribution is -2.21. The largest absolute Gasteiger partial charge is 0.430 e. The topological polar surface area (TPSA) is 80.4 Å². The maximum absolute atomic E-state index is 13.1. The number of fused-ring (bicyclic) bond motifs is 1. The van der Waals surface area contributed by atoms with Crippen LogP contribution < -0.4 is 11.1 Å². The number of aliphatic imine (C=N–C) groups is 1. The molecule has 4 rings (SSSR count). The van der Waals surface area contributed by atoms with Crippen LogP contribution in [0.25, 0.3) is 10.8 Å². The van der Waals surface area contributed by atoms with Gasteiger partial charge in [0, 0.05) is 40.0 Å². The van der Waals surface area contributed by atoms with Crippen LogP contribution in [0.2, 0.25) is 5.02 Å².